The van der Waals surface area contributed by atoms with E-state index in [-0.39, 0.29) is 0 Å². The zero-order valence-corrected chi connectivity index (χ0v) is 17.7. The monoisotopic (exact) mass is 402 g/mol. The highest BCUT2D eigenvalue weighted by atomic mass is 15.1. The van der Waals surface area contributed by atoms with Gasteiger partial charge in [-0.1, -0.05) is 31.4 Å². The van der Waals surface area contributed by atoms with Crippen LogP contribution in [0, 0.1) is 12.3 Å². The maximum absolute atomic E-state index is 4.78. The average Bonchev–Trinajstić information content (AvgIpc) is 2.77. The summed E-state index contributed by atoms with van der Waals surface area (Å²) in [5.74, 6) is 1.38. The molecule has 0 aliphatic heterocycles. The van der Waals surface area contributed by atoms with E-state index < -0.39 is 0 Å². The zero-order chi connectivity index (χ0) is 20.4. The van der Waals surface area contributed by atoms with Crippen molar-refractivity contribution < 1.29 is 0 Å². The van der Waals surface area contributed by atoms with E-state index in [4.69, 9.17) is 4.98 Å². The first-order valence-electron chi connectivity index (χ1n) is 11.3. The highest BCUT2D eigenvalue weighted by Gasteiger charge is 2.36. The Hall–Kier alpha value is -2.76. The summed E-state index contributed by atoms with van der Waals surface area (Å²) >= 11 is 0. The Bertz CT molecular complexity index is 1020. The van der Waals surface area contributed by atoms with Gasteiger partial charge in [0.2, 0.25) is 5.95 Å². The number of aromatic nitrogens is 4. The second-order valence-corrected chi connectivity index (χ2v) is 9.12. The Kier molecular flexibility index (Phi) is 5.23. The summed E-state index contributed by atoms with van der Waals surface area (Å²) in [6.07, 6.45) is 15.6. The van der Waals surface area contributed by atoms with Gasteiger partial charge in [-0.2, -0.15) is 0 Å². The average molecular weight is 403 g/mol. The van der Waals surface area contributed by atoms with Gasteiger partial charge in [-0.25, -0.2) is 19.9 Å². The topological polar surface area (TPSA) is 75.6 Å². The number of nitrogens with zero attached hydrogens (tertiary/aromatic N) is 4. The van der Waals surface area contributed by atoms with Gasteiger partial charge in [-0.05, 0) is 68.6 Å². The molecule has 2 aliphatic rings. The fourth-order valence-electron chi connectivity index (χ4n) is 5.23. The largest absolute Gasteiger partial charge is 0.351 e. The quantitative estimate of drug-likeness (QED) is 0.576. The minimum Gasteiger partial charge on any atom is -0.351 e. The summed E-state index contributed by atoms with van der Waals surface area (Å²) < 4.78 is 0. The van der Waals surface area contributed by atoms with Crippen LogP contribution in [-0.4, -0.2) is 26.0 Å². The van der Waals surface area contributed by atoms with Gasteiger partial charge in [-0.3, -0.25) is 0 Å². The molecule has 5 rings (SSSR count). The van der Waals surface area contributed by atoms with Crippen LogP contribution in [0.2, 0.25) is 0 Å². The first-order valence-corrected chi connectivity index (χ1v) is 11.3. The van der Waals surface area contributed by atoms with Crippen molar-refractivity contribution in [3.8, 4) is 0 Å². The van der Waals surface area contributed by atoms with Gasteiger partial charge in [0.05, 0.1) is 6.20 Å². The van der Waals surface area contributed by atoms with Crippen LogP contribution in [0.15, 0.2) is 36.8 Å². The molecule has 0 amide bonds. The van der Waals surface area contributed by atoms with Gasteiger partial charge in [0.1, 0.15) is 17.4 Å². The van der Waals surface area contributed by atoms with Gasteiger partial charge in [0.25, 0.3) is 0 Å². The van der Waals surface area contributed by atoms with Crippen molar-refractivity contribution in [2.24, 2.45) is 5.41 Å². The lowest BCUT2D eigenvalue weighted by Gasteiger charge is -2.43. The molecular weight excluding hydrogens is 372 g/mol. The van der Waals surface area contributed by atoms with Crippen molar-refractivity contribution in [1.82, 2.24) is 19.9 Å². The lowest BCUT2D eigenvalue weighted by Crippen LogP contribution is -2.35. The van der Waals surface area contributed by atoms with E-state index in [1.54, 1.807) is 12.5 Å². The number of hydrogen-bond acceptors (Lipinski definition) is 6. The number of anilines is 3. The van der Waals surface area contributed by atoms with Gasteiger partial charge < -0.3 is 10.6 Å². The molecule has 0 atom stereocenters. The molecule has 2 fully saturated rings. The van der Waals surface area contributed by atoms with Gasteiger partial charge >= 0.3 is 0 Å². The summed E-state index contributed by atoms with van der Waals surface area (Å²) in [4.78, 5) is 18.1. The van der Waals surface area contributed by atoms with E-state index in [1.165, 1.54) is 63.4 Å². The number of hydrogen-bond donors (Lipinski definition) is 2. The molecule has 1 spiro atoms. The molecule has 2 saturated carbocycles. The minimum atomic E-state index is 0.452. The van der Waals surface area contributed by atoms with Crippen molar-refractivity contribution in [2.75, 3.05) is 10.6 Å². The Morgan fingerprint density at radius 3 is 2.60 bits per heavy atom. The van der Waals surface area contributed by atoms with Crippen LogP contribution in [0.1, 0.15) is 63.4 Å². The SMILES string of the molecule is Cc1cccc(Nc2ncnc3cnc(NC4CCC5(CCCCC5)CC4)nc23)c1. The molecule has 156 valence electrons. The molecule has 0 radical (unpaired) electrons. The Balaban J connectivity index is 1.32. The zero-order valence-electron chi connectivity index (χ0n) is 17.7. The van der Waals surface area contributed by atoms with Crippen molar-refractivity contribution in [3.05, 3.63) is 42.4 Å². The number of rotatable bonds is 4. The van der Waals surface area contributed by atoms with Crippen LogP contribution in [0.5, 0.6) is 0 Å². The Labute approximate surface area is 178 Å². The van der Waals surface area contributed by atoms with E-state index in [0.717, 1.165) is 16.7 Å². The standard InChI is InChI=1S/C24H30N6/c1-17-6-5-7-19(14-17)28-22-21-20(26-16-27-22)15-25-23(30-21)29-18-8-12-24(13-9-18)10-3-2-4-11-24/h5-7,14-16,18H,2-4,8-13H2,1H3,(H,25,29,30)(H,26,27,28). The van der Waals surface area contributed by atoms with E-state index in [0.29, 0.717) is 23.2 Å². The first kappa shape index (κ1) is 19.2. The molecule has 6 nitrogen and oxygen atoms in total. The van der Waals surface area contributed by atoms with E-state index >= 15 is 0 Å². The predicted molar refractivity (Wildman–Crippen MR) is 121 cm³/mol. The highest BCUT2D eigenvalue weighted by Crippen LogP contribution is 2.47. The molecule has 2 N–H and O–H groups in total. The van der Waals surface area contributed by atoms with Crippen LogP contribution in [0.4, 0.5) is 17.5 Å². The third-order valence-corrected chi connectivity index (χ3v) is 6.95. The molecule has 2 heterocycles. The lowest BCUT2D eigenvalue weighted by molar-refractivity contribution is 0.118. The molecule has 3 aromatic rings. The summed E-state index contributed by atoms with van der Waals surface area (Å²) in [6.45, 7) is 2.08. The third-order valence-electron chi connectivity index (χ3n) is 6.95. The number of aryl methyl sites for hydroxylation is 1. The van der Waals surface area contributed by atoms with Crippen molar-refractivity contribution >= 4 is 28.5 Å². The molecule has 6 heteroatoms. The fraction of sp³-hybridized carbons (Fsp3) is 0.500. The smallest absolute Gasteiger partial charge is 0.223 e. The van der Waals surface area contributed by atoms with Crippen molar-refractivity contribution in [3.63, 3.8) is 0 Å². The minimum absolute atomic E-state index is 0.452. The number of fused-ring (bicyclic) bond motifs is 1. The highest BCUT2D eigenvalue weighted by molar-refractivity contribution is 5.87. The maximum Gasteiger partial charge on any atom is 0.223 e. The molecule has 0 unspecified atom stereocenters. The molecular formula is C24H30N6. The summed E-state index contributed by atoms with van der Waals surface area (Å²) in [6, 6.07) is 8.69. The van der Waals surface area contributed by atoms with Crippen LogP contribution in [0.25, 0.3) is 11.0 Å². The van der Waals surface area contributed by atoms with Gasteiger partial charge in [0.15, 0.2) is 5.82 Å². The summed E-state index contributed by atoms with van der Waals surface area (Å²) in [7, 11) is 0. The molecule has 2 aliphatic carbocycles. The van der Waals surface area contributed by atoms with Crippen LogP contribution >= 0.6 is 0 Å². The number of benzene rings is 1. The lowest BCUT2D eigenvalue weighted by atomic mass is 9.64. The maximum atomic E-state index is 4.78. The van der Waals surface area contributed by atoms with E-state index in [1.807, 2.05) is 12.1 Å². The van der Waals surface area contributed by atoms with Crippen LogP contribution in [-0.2, 0) is 0 Å². The van der Waals surface area contributed by atoms with Crippen molar-refractivity contribution in [1.29, 1.82) is 0 Å². The molecule has 0 saturated heterocycles. The van der Waals surface area contributed by atoms with Crippen LogP contribution in [0.3, 0.4) is 0 Å². The van der Waals surface area contributed by atoms with Gasteiger partial charge in [0, 0.05) is 11.7 Å². The van der Waals surface area contributed by atoms with Crippen molar-refractivity contribution in [2.45, 2.75) is 70.8 Å². The Morgan fingerprint density at radius 2 is 1.80 bits per heavy atom. The fourth-order valence-corrected chi connectivity index (χ4v) is 5.23. The summed E-state index contributed by atoms with van der Waals surface area (Å²) in [5.41, 5.74) is 4.31. The first-order chi connectivity index (χ1) is 14.7. The second-order valence-electron chi connectivity index (χ2n) is 9.12. The predicted octanol–water partition coefficient (Wildman–Crippen LogP) is 5.78. The summed E-state index contributed by atoms with van der Waals surface area (Å²) in [5, 5.41) is 6.98. The molecule has 0 bridgehead atoms. The molecule has 30 heavy (non-hydrogen) atoms. The van der Waals surface area contributed by atoms with E-state index in [2.05, 4.69) is 44.6 Å². The van der Waals surface area contributed by atoms with Gasteiger partial charge in [-0.15, -0.1) is 0 Å². The molecule has 2 aromatic heterocycles. The van der Waals surface area contributed by atoms with Crippen LogP contribution < -0.4 is 10.6 Å². The second kappa shape index (κ2) is 8.17. The molecule has 1 aromatic carbocycles. The van der Waals surface area contributed by atoms with E-state index in [9.17, 15) is 0 Å². The third kappa shape index (κ3) is 4.09. The number of nitrogens with one attached hydrogen (secondary N) is 2. The normalized spacial score (nSPS) is 19.1. The Morgan fingerprint density at radius 1 is 0.967 bits per heavy atom.